The van der Waals surface area contributed by atoms with Crippen LogP contribution < -0.4 is 10.9 Å². The minimum atomic E-state index is -0.432. The molecule has 0 saturated carbocycles. The normalized spacial score (nSPS) is 11.2. The fourth-order valence-electron chi connectivity index (χ4n) is 3.01. The van der Waals surface area contributed by atoms with Crippen LogP contribution in [0.1, 0.15) is 27.2 Å². The van der Waals surface area contributed by atoms with Crippen LogP contribution in [-0.4, -0.2) is 25.7 Å². The minimum absolute atomic E-state index is 0.0152. The number of aromatic nitrogens is 4. The van der Waals surface area contributed by atoms with Crippen molar-refractivity contribution >= 4 is 22.5 Å². The van der Waals surface area contributed by atoms with Crippen LogP contribution in [0, 0.1) is 13.8 Å². The van der Waals surface area contributed by atoms with Crippen molar-refractivity contribution in [1.82, 2.24) is 25.1 Å². The summed E-state index contributed by atoms with van der Waals surface area (Å²) in [7, 11) is 0. The summed E-state index contributed by atoms with van der Waals surface area (Å²) in [4.78, 5) is 27.8. The summed E-state index contributed by atoms with van der Waals surface area (Å²) in [5, 5.41) is 10.8. The molecule has 2 aromatic heterocycles. The predicted octanol–water partition coefficient (Wildman–Crippen LogP) is 2.12. The van der Waals surface area contributed by atoms with E-state index in [1.807, 2.05) is 56.3 Å². The minimum Gasteiger partial charge on any atom is -0.346 e. The Morgan fingerprint density at radius 2 is 1.96 bits per heavy atom. The van der Waals surface area contributed by atoms with Crippen LogP contribution in [0.5, 0.6) is 0 Å². The van der Waals surface area contributed by atoms with E-state index in [1.165, 1.54) is 4.52 Å². The van der Waals surface area contributed by atoms with E-state index in [-0.39, 0.29) is 11.2 Å². The van der Waals surface area contributed by atoms with E-state index in [4.69, 9.17) is 0 Å². The van der Waals surface area contributed by atoms with Crippen LogP contribution in [0.15, 0.2) is 47.3 Å². The molecule has 26 heavy (non-hydrogen) atoms. The first-order chi connectivity index (χ1) is 12.5. The zero-order valence-corrected chi connectivity index (χ0v) is 14.4. The molecule has 0 saturated heterocycles. The van der Waals surface area contributed by atoms with Gasteiger partial charge in [-0.1, -0.05) is 41.1 Å². The van der Waals surface area contributed by atoms with Gasteiger partial charge >= 0.3 is 0 Å². The molecule has 7 nitrogen and oxygen atoms in total. The second-order valence-electron chi connectivity index (χ2n) is 6.34. The maximum Gasteiger partial charge on any atom is 0.277 e. The summed E-state index contributed by atoms with van der Waals surface area (Å²) in [5.41, 5.74) is 4.21. The van der Waals surface area contributed by atoms with Gasteiger partial charge in [0.05, 0.1) is 11.0 Å². The van der Waals surface area contributed by atoms with Crippen LogP contribution >= 0.6 is 0 Å². The maximum atomic E-state index is 12.5. The number of carbonyl (C=O) groups excluding carboxylic acids is 1. The summed E-state index contributed by atoms with van der Waals surface area (Å²) in [6.45, 7) is 4.28. The molecule has 0 aliphatic heterocycles. The largest absolute Gasteiger partial charge is 0.346 e. The van der Waals surface area contributed by atoms with Gasteiger partial charge in [-0.15, -0.1) is 5.10 Å². The lowest BCUT2D eigenvalue weighted by molar-refractivity contribution is 0.0947. The lowest BCUT2D eigenvalue weighted by atomic mass is 10.1. The van der Waals surface area contributed by atoms with Crippen molar-refractivity contribution in [3.8, 4) is 0 Å². The molecule has 0 fully saturated rings. The molecule has 0 bridgehead atoms. The van der Waals surface area contributed by atoms with Crippen molar-refractivity contribution < 1.29 is 4.79 Å². The van der Waals surface area contributed by atoms with Gasteiger partial charge in [-0.25, -0.2) is 4.52 Å². The van der Waals surface area contributed by atoms with Gasteiger partial charge in [0.2, 0.25) is 0 Å². The first-order valence-corrected chi connectivity index (χ1v) is 8.25. The number of nitrogens with zero attached hydrogens (tertiary/aromatic N) is 3. The van der Waals surface area contributed by atoms with Crippen molar-refractivity contribution in [2.45, 2.75) is 20.4 Å². The van der Waals surface area contributed by atoms with Gasteiger partial charge in [0.15, 0.2) is 11.2 Å². The van der Waals surface area contributed by atoms with Gasteiger partial charge < -0.3 is 10.3 Å². The molecule has 2 heterocycles. The molecule has 1 amide bonds. The number of aryl methyl sites for hydroxylation is 2. The number of H-pyrrole nitrogens is 1. The third-order valence-corrected chi connectivity index (χ3v) is 4.26. The Kier molecular flexibility index (Phi) is 3.76. The van der Waals surface area contributed by atoms with Gasteiger partial charge in [0, 0.05) is 6.54 Å². The molecule has 2 N–H and O–H groups in total. The lowest BCUT2D eigenvalue weighted by Crippen LogP contribution is -2.25. The third-order valence-electron chi connectivity index (χ3n) is 4.26. The Bertz CT molecular complexity index is 1210. The highest BCUT2D eigenvalue weighted by Crippen LogP contribution is 2.14. The highest BCUT2D eigenvalue weighted by molar-refractivity contribution is 5.99. The number of carbonyl (C=O) groups is 1. The van der Waals surface area contributed by atoms with Crippen LogP contribution in [0.3, 0.4) is 0 Å². The van der Waals surface area contributed by atoms with E-state index in [1.54, 1.807) is 0 Å². The molecule has 0 spiro atoms. The second-order valence-corrected chi connectivity index (χ2v) is 6.34. The second kappa shape index (κ2) is 6.11. The quantitative estimate of drug-likeness (QED) is 0.594. The smallest absolute Gasteiger partial charge is 0.277 e. The molecular formula is C19H17N5O2. The van der Waals surface area contributed by atoms with E-state index in [9.17, 15) is 9.59 Å². The van der Waals surface area contributed by atoms with Gasteiger partial charge in [-0.05, 0) is 37.1 Å². The zero-order valence-electron chi connectivity index (χ0n) is 14.4. The topological polar surface area (TPSA) is 92.2 Å². The molecule has 0 radical (unpaired) electrons. The highest BCUT2D eigenvalue weighted by Gasteiger charge is 2.19. The first-order valence-electron chi connectivity index (χ1n) is 8.25. The molecule has 7 heteroatoms. The predicted molar refractivity (Wildman–Crippen MR) is 98.2 cm³/mol. The Balaban J connectivity index is 1.71. The first kappa shape index (κ1) is 16.0. The molecular weight excluding hydrogens is 330 g/mol. The third kappa shape index (κ3) is 2.73. The standard InChI is InChI=1S/C19H17N5O2/c1-11-4-3-5-13(8-11)10-20-18(25)16-17-19(26)21-14-9-12(2)6-7-15(14)24(17)23-22-16/h3-9H,10H2,1-2H3,(H,20,25)(H,21,26). The zero-order chi connectivity index (χ0) is 18.3. The summed E-state index contributed by atoms with van der Waals surface area (Å²) < 4.78 is 1.41. The Morgan fingerprint density at radius 1 is 1.15 bits per heavy atom. The molecule has 0 aliphatic carbocycles. The average molecular weight is 347 g/mol. The number of fused-ring (bicyclic) bond motifs is 3. The van der Waals surface area contributed by atoms with E-state index < -0.39 is 11.5 Å². The van der Waals surface area contributed by atoms with Crippen molar-refractivity contribution in [3.63, 3.8) is 0 Å². The fraction of sp³-hybridized carbons (Fsp3) is 0.158. The Hall–Kier alpha value is -3.48. The SMILES string of the molecule is Cc1cccc(CNC(=O)c2nnn3c2c(=O)[nH]c2cc(C)ccc23)c1. The highest BCUT2D eigenvalue weighted by atomic mass is 16.2. The monoisotopic (exact) mass is 347 g/mol. The molecule has 4 rings (SSSR count). The van der Waals surface area contributed by atoms with Crippen molar-refractivity contribution in [1.29, 1.82) is 0 Å². The molecule has 0 unspecified atom stereocenters. The van der Waals surface area contributed by atoms with Crippen LogP contribution in [-0.2, 0) is 6.54 Å². The number of amides is 1. The van der Waals surface area contributed by atoms with Crippen LogP contribution in [0.2, 0.25) is 0 Å². The Morgan fingerprint density at radius 3 is 2.77 bits per heavy atom. The summed E-state index contributed by atoms with van der Waals surface area (Å²) in [5.74, 6) is -0.432. The molecule has 0 aliphatic rings. The van der Waals surface area contributed by atoms with Crippen LogP contribution in [0.4, 0.5) is 0 Å². The number of rotatable bonds is 3. The number of hydrogen-bond acceptors (Lipinski definition) is 4. The van der Waals surface area contributed by atoms with E-state index in [2.05, 4.69) is 20.6 Å². The molecule has 4 aromatic rings. The number of benzene rings is 2. The summed E-state index contributed by atoms with van der Waals surface area (Å²) in [6, 6.07) is 13.5. The average Bonchev–Trinajstić information content (AvgIpc) is 3.05. The summed E-state index contributed by atoms with van der Waals surface area (Å²) >= 11 is 0. The van der Waals surface area contributed by atoms with E-state index >= 15 is 0 Å². The summed E-state index contributed by atoms with van der Waals surface area (Å²) in [6.07, 6.45) is 0. The number of hydrogen-bond donors (Lipinski definition) is 2. The molecule has 2 aromatic carbocycles. The van der Waals surface area contributed by atoms with Crippen LogP contribution in [0.25, 0.3) is 16.6 Å². The Labute approximate surface area is 148 Å². The van der Waals surface area contributed by atoms with E-state index in [0.29, 0.717) is 17.6 Å². The van der Waals surface area contributed by atoms with Crippen molar-refractivity contribution in [2.75, 3.05) is 0 Å². The molecule has 130 valence electrons. The number of nitrogens with one attached hydrogen (secondary N) is 2. The lowest BCUT2D eigenvalue weighted by Gasteiger charge is -2.05. The number of aromatic amines is 1. The van der Waals surface area contributed by atoms with Crippen molar-refractivity contribution in [2.24, 2.45) is 0 Å². The van der Waals surface area contributed by atoms with Gasteiger partial charge in [-0.2, -0.15) is 0 Å². The van der Waals surface area contributed by atoms with Gasteiger partial charge in [-0.3, -0.25) is 9.59 Å². The molecule has 0 atom stereocenters. The fourth-order valence-corrected chi connectivity index (χ4v) is 3.01. The van der Waals surface area contributed by atoms with Gasteiger partial charge in [0.25, 0.3) is 11.5 Å². The van der Waals surface area contributed by atoms with Crippen molar-refractivity contribution in [3.05, 3.63) is 75.2 Å². The maximum absolute atomic E-state index is 12.5. The van der Waals surface area contributed by atoms with Gasteiger partial charge in [0.1, 0.15) is 0 Å². The van der Waals surface area contributed by atoms with E-state index in [0.717, 1.165) is 16.7 Å².